The fourth-order valence-corrected chi connectivity index (χ4v) is 3.13. The van der Waals surface area contributed by atoms with Crippen LogP contribution in [0.5, 0.6) is 0 Å². The molecule has 2 N–H and O–H groups in total. The highest BCUT2D eigenvalue weighted by molar-refractivity contribution is 5.46. The summed E-state index contributed by atoms with van der Waals surface area (Å²) >= 11 is 0. The Kier molecular flexibility index (Phi) is 4.27. The summed E-state index contributed by atoms with van der Waals surface area (Å²) in [7, 11) is 0. The topological polar surface area (TPSA) is 55.0 Å². The van der Waals surface area contributed by atoms with Gasteiger partial charge in [0, 0.05) is 19.2 Å². The third kappa shape index (κ3) is 3.21. The molecule has 2 aromatic rings. The van der Waals surface area contributed by atoms with Crippen molar-refractivity contribution in [2.45, 2.75) is 38.5 Å². The van der Waals surface area contributed by atoms with Crippen LogP contribution in [0, 0.1) is 0 Å². The molecular formula is C18H24N4. The van der Waals surface area contributed by atoms with Crippen LogP contribution in [0.25, 0.3) is 0 Å². The van der Waals surface area contributed by atoms with E-state index in [0.717, 1.165) is 31.7 Å². The molecule has 22 heavy (non-hydrogen) atoms. The lowest BCUT2D eigenvalue weighted by Gasteiger charge is -2.33. The van der Waals surface area contributed by atoms with Gasteiger partial charge in [0.2, 0.25) is 0 Å². The van der Waals surface area contributed by atoms with Gasteiger partial charge in [-0.3, -0.25) is 0 Å². The summed E-state index contributed by atoms with van der Waals surface area (Å²) in [5, 5.41) is 0. The van der Waals surface area contributed by atoms with E-state index in [2.05, 4.69) is 53.0 Å². The minimum Gasteiger partial charge on any atom is -0.384 e. The van der Waals surface area contributed by atoms with Gasteiger partial charge in [0.15, 0.2) is 0 Å². The highest BCUT2D eigenvalue weighted by Crippen LogP contribution is 2.30. The van der Waals surface area contributed by atoms with E-state index in [1.165, 1.54) is 11.1 Å². The molecule has 116 valence electrons. The predicted molar refractivity (Wildman–Crippen MR) is 91.2 cm³/mol. The number of hydrogen-bond acceptors (Lipinski definition) is 4. The number of nitrogens with two attached hydrogens (primary N) is 1. The van der Waals surface area contributed by atoms with Crippen LogP contribution in [-0.2, 0) is 0 Å². The molecule has 0 aliphatic carbocycles. The summed E-state index contributed by atoms with van der Waals surface area (Å²) < 4.78 is 0. The monoisotopic (exact) mass is 296 g/mol. The molecule has 1 aromatic carbocycles. The van der Waals surface area contributed by atoms with Gasteiger partial charge in [0.05, 0.1) is 0 Å². The second kappa shape index (κ2) is 6.34. The normalized spacial score (nSPS) is 16.2. The second-order valence-corrected chi connectivity index (χ2v) is 6.38. The van der Waals surface area contributed by atoms with Crippen molar-refractivity contribution in [2.75, 3.05) is 23.7 Å². The molecule has 0 unspecified atom stereocenters. The van der Waals surface area contributed by atoms with Crippen LogP contribution in [0.1, 0.15) is 49.7 Å². The van der Waals surface area contributed by atoms with E-state index in [1.54, 1.807) is 6.33 Å². The Hall–Kier alpha value is -2.10. The molecule has 1 aromatic heterocycles. The average molecular weight is 296 g/mol. The molecule has 1 saturated heterocycles. The Balaban J connectivity index is 1.64. The zero-order chi connectivity index (χ0) is 15.5. The Labute approximate surface area is 132 Å². The highest BCUT2D eigenvalue weighted by Gasteiger charge is 2.21. The Morgan fingerprint density at radius 3 is 2.36 bits per heavy atom. The van der Waals surface area contributed by atoms with Gasteiger partial charge in [-0.2, -0.15) is 0 Å². The molecule has 3 rings (SSSR count). The van der Waals surface area contributed by atoms with Crippen molar-refractivity contribution >= 4 is 11.6 Å². The Morgan fingerprint density at radius 1 is 1.09 bits per heavy atom. The number of nitrogen functional groups attached to an aromatic ring is 1. The largest absolute Gasteiger partial charge is 0.384 e. The zero-order valence-electron chi connectivity index (χ0n) is 13.4. The first-order valence-electron chi connectivity index (χ1n) is 8.06. The van der Waals surface area contributed by atoms with Crippen molar-refractivity contribution in [3.05, 3.63) is 47.8 Å². The van der Waals surface area contributed by atoms with E-state index in [4.69, 9.17) is 5.73 Å². The van der Waals surface area contributed by atoms with Gasteiger partial charge in [0.1, 0.15) is 18.0 Å². The van der Waals surface area contributed by atoms with Crippen LogP contribution < -0.4 is 10.6 Å². The summed E-state index contributed by atoms with van der Waals surface area (Å²) in [6, 6.07) is 11.0. The van der Waals surface area contributed by atoms with E-state index in [1.807, 2.05) is 6.07 Å². The van der Waals surface area contributed by atoms with Crippen LogP contribution >= 0.6 is 0 Å². The van der Waals surface area contributed by atoms with Gasteiger partial charge in [0.25, 0.3) is 0 Å². The molecule has 4 nitrogen and oxygen atoms in total. The average Bonchev–Trinajstić information content (AvgIpc) is 2.55. The summed E-state index contributed by atoms with van der Waals surface area (Å²) in [6.07, 6.45) is 3.86. The molecule has 0 spiro atoms. The van der Waals surface area contributed by atoms with Crippen molar-refractivity contribution < 1.29 is 0 Å². The van der Waals surface area contributed by atoms with Gasteiger partial charge in [-0.05, 0) is 35.8 Å². The summed E-state index contributed by atoms with van der Waals surface area (Å²) in [6.45, 7) is 6.52. The number of aromatic nitrogens is 2. The number of nitrogens with zero attached hydrogens (tertiary/aromatic N) is 3. The van der Waals surface area contributed by atoms with Gasteiger partial charge in [-0.15, -0.1) is 0 Å². The summed E-state index contributed by atoms with van der Waals surface area (Å²) in [5.41, 5.74) is 8.62. The van der Waals surface area contributed by atoms with E-state index in [9.17, 15) is 0 Å². The molecular weight excluding hydrogens is 272 g/mol. The molecule has 0 radical (unpaired) electrons. The van der Waals surface area contributed by atoms with Crippen LogP contribution in [0.15, 0.2) is 36.7 Å². The van der Waals surface area contributed by atoms with Crippen LogP contribution in [0.2, 0.25) is 0 Å². The first-order chi connectivity index (χ1) is 10.6. The summed E-state index contributed by atoms with van der Waals surface area (Å²) in [4.78, 5) is 10.6. The zero-order valence-corrected chi connectivity index (χ0v) is 13.4. The minimum atomic E-state index is 0.538. The number of rotatable bonds is 3. The molecule has 0 saturated carbocycles. The van der Waals surface area contributed by atoms with E-state index in [-0.39, 0.29) is 0 Å². The summed E-state index contributed by atoms with van der Waals surface area (Å²) in [5.74, 6) is 2.73. The smallest absolute Gasteiger partial charge is 0.134 e. The first-order valence-corrected chi connectivity index (χ1v) is 8.06. The highest BCUT2D eigenvalue weighted by atomic mass is 15.2. The molecule has 1 aliphatic heterocycles. The van der Waals surface area contributed by atoms with Crippen molar-refractivity contribution in [3.63, 3.8) is 0 Å². The van der Waals surface area contributed by atoms with E-state index in [0.29, 0.717) is 17.7 Å². The van der Waals surface area contributed by atoms with Crippen LogP contribution in [0.3, 0.4) is 0 Å². The quantitative estimate of drug-likeness (QED) is 0.941. The number of hydrogen-bond donors (Lipinski definition) is 1. The van der Waals surface area contributed by atoms with E-state index >= 15 is 0 Å². The number of anilines is 2. The van der Waals surface area contributed by atoms with Gasteiger partial charge in [-0.1, -0.05) is 38.1 Å². The predicted octanol–water partition coefficient (Wildman–Crippen LogP) is 3.57. The molecule has 1 aliphatic rings. The third-order valence-electron chi connectivity index (χ3n) is 4.57. The number of piperidine rings is 1. The van der Waals surface area contributed by atoms with Crippen LogP contribution in [-0.4, -0.2) is 23.1 Å². The van der Waals surface area contributed by atoms with Gasteiger partial charge in [-0.25, -0.2) is 9.97 Å². The molecule has 0 amide bonds. The van der Waals surface area contributed by atoms with Gasteiger partial charge >= 0.3 is 0 Å². The fraction of sp³-hybridized carbons (Fsp3) is 0.444. The second-order valence-electron chi connectivity index (χ2n) is 6.38. The van der Waals surface area contributed by atoms with Crippen molar-refractivity contribution in [1.29, 1.82) is 0 Å². The number of benzene rings is 1. The van der Waals surface area contributed by atoms with E-state index < -0.39 is 0 Å². The van der Waals surface area contributed by atoms with Crippen LogP contribution in [0.4, 0.5) is 11.6 Å². The minimum absolute atomic E-state index is 0.538. The maximum Gasteiger partial charge on any atom is 0.134 e. The molecule has 0 atom stereocenters. The SMILES string of the molecule is CC(C)c1ccc(C2CCN(c3cc(N)ncn3)CC2)cc1. The van der Waals surface area contributed by atoms with Crippen molar-refractivity contribution in [3.8, 4) is 0 Å². The third-order valence-corrected chi connectivity index (χ3v) is 4.57. The fourth-order valence-electron chi connectivity index (χ4n) is 3.13. The standard InChI is InChI=1S/C18H24N4/c1-13(2)14-3-5-15(6-4-14)16-7-9-22(10-8-16)18-11-17(19)20-12-21-18/h3-6,11-13,16H,7-10H2,1-2H3,(H2,19,20,21). The van der Waals surface area contributed by atoms with Gasteiger partial charge < -0.3 is 10.6 Å². The lowest BCUT2D eigenvalue weighted by Crippen LogP contribution is -2.33. The first kappa shape index (κ1) is 14.8. The molecule has 2 heterocycles. The molecule has 1 fully saturated rings. The maximum atomic E-state index is 5.74. The van der Waals surface area contributed by atoms with Crippen molar-refractivity contribution in [1.82, 2.24) is 9.97 Å². The Morgan fingerprint density at radius 2 is 1.77 bits per heavy atom. The van der Waals surface area contributed by atoms with Crippen molar-refractivity contribution in [2.24, 2.45) is 0 Å². The maximum absolute atomic E-state index is 5.74. The lowest BCUT2D eigenvalue weighted by molar-refractivity contribution is 0.502. The molecule has 4 heteroatoms. The Bertz CT molecular complexity index is 613. The lowest BCUT2D eigenvalue weighted by atomic mass is 9.88. The molecule has 0 bridgehead atoms.